The van der Waals surface area contributed by atoms with E-state index in [0.717, 1.165) is 26.1 Å². The number of hydrogen-bond donors (Lipinski definition) is 2. The molecule has 0 saturated heterocycles. The van der Waals surface area contributed by atoms with Crippen LogP contribution in [0.15, 0.2) is 0 Å². The quantitative estimate of drug-likeness (QED) is 0.635. The van der Waals surface area contributed by atoms with Gasteiger partial charge in [0, 0.05) is 18.6 Å². The van der Waals surface area contributed by atoms with Gasteiger partial charge < -0.3 is 19.7 Å². The summed E-state index contributed by atoms with van der Waals surface area (Å²) in [6.45, 7) is 6.72. The highest BCUT2D eigenvalue weighted by atomic mass is 16.5. The molecule has 17 heavy (non-hydrogen) atoms. The molecule has 2 atom stereocenters. The summed E-state index contributed by atoms with van der Waals surface area (Å²) in [5.74, 6) is 0. The molecular weight excluding hydrogens is 220 g/mol. The van der Waals surface area contributed by atoms with E-state index in [0.29, 0.717) is 26.1 Å². The molecule has 0 aromatic heterocycles. The van der Waals surface area contributed by atoms with Gasteiger partial charge in [0.25, 0.3) is 0 Å². The molecule has 0 heterocycles. The van der Waals surface area contributed by atoms with Gasteiger partial charge in [0.2, 0.25) is 0 Å². The summed E-state index contributed by atoms with van der Waals surface area (Å²) in [6.07, 6.45) is 1.84. The van der Waals surface area contributed by atoms with Crippen LogP contribution in [0.5, 0.6) is 0 Å². The maximum atomic E-state index is 9.69. The lowest BCUT2D eigenvalue weighted by Gasteiger charge is -2.28. The largest absolute Gasteiger partial charge is 0.390 e. The minimum absolute atomic E-state index is 0.205. The van der Waals surface area contributed by atoms with E-state index < -0.39 is 12.2 Å². The summed E-state index contributed by atoms with van der Waals surface area (Å²) in [7, 11) is 0. The smallest absolute Gasteiger partial charge is 0.0806 e. The number of hydrogen-bond acceptors (Lipinski definition) is 4. The first-order chi connectivity index (χ1) is 8.13. The first-order valence-electron chi connectivity index (χ1n) is 6.65. The fraction of sp³-hybridized carbons (Fsp3) is 1.00. The molecule has 102 valence electrons. The standard InChI is InChI=1S/C13H26O4/c1-3-5-16-9-13(10-17-6-4-2)7-11(14)12(15)8-13/h11-12,14-15H,3-10H2,1-2H3. The summed E-state index contributed by atoms with van der Waals surface area (Å²) in [5.41, 5.74) is -0.205. The lowest BCUT2D eigenvalue weighted by Crippen LogP contribution is -2.31. The van der Waals surface area contributed by atoms with Gasteiger partial charge >= 0.3 is 0 Å². The first-order valence-corrected chi connectivity index (χ1v) is 6.65. The molecule has 1 fully saturated rings. The van der Waals surface area contributed by atoms with Gasteiger partial charge in [0.1, 0.15) is 0 Å². The van der Waals surface area contributed by atoms with Gasteiger partial charge in [0.05, 0.1) is 25.4 Å². The molecule has 4 nitrogen and oxygen atoms in total. The molecule has 2 unspecified atom stereocenters. The molecule has 0 bridgehead atoms. The number of ether oxygens (including phenoxy) is 2. The molecule has 2 N–H and O–H groups in total. The van der Waals surface area contributed by atoms with Crippen molar-refractivity contribution in [3.63, 3.8) is 0 Å². The van der Waals surface area contributed by atoms with Crippen molar-refractivity contribution in [2.24, 2.45) is 5.41 Å². The van der Waals surface area contributed by atoms with Crippen molar-refractivity contribution in [1.29, 1.82) is 0 Å². The second kappa shape index (κ2) is 7.31. The Morgan fingerprint density at radius 3 is 1.71 bits per heavy atom. The zero-order chi connectivity index (χ0) is 12.7. The molecule has 1 rings (SSSR count). The Morgan fingerprint density at radius 1 is 0.941 bits per heavy atom. The van der Waals surface area contributed by atoms with E-state index in [1.54, 1.807) is 0 Å². The highest BCUT2D eigenvalue weighted by Crippen LogP contribution is 2.39. The van der Waals surface area contributed by atoms with E-state index in [1.165, 1.54) is 0 Å². The molecule has 0 radical (unpaired) electrons. The van der Waals surface area contributed by atoms with E-state index in [-0.39, 0.29) is 5.41 Å². The highest BCUT2D eigenvalue weighted by Gasteiger charge is 2.44. The zero-order valence-electron chi connectivity index (χ0n) is 11.0. The lowest BCUT2D eigenvalue weighted by atomic mass is 9.88. The van der Waals surface area contributed by atoms with Crippen LogP contribution in [-0.4, -0.2) is 48.8 Å². The highest BCUT2D eigenvalue weighted by molar-refractivity contribution is 4.94. The van der Waals surface area contributed by atoms with E-state index in [9.17, 15) is 10.2 Å². The normalized spacial score (nSPS) is 27.5. The molecule has 1 aliphatic rings. The molecule has 1 saturated carbocycles. The molecule has 0 aliphatic heterocycles. The average Bonchev–Trinajstić information content (AvgIpc) is 2.56. The van der Waals surface area contributed by atoms with Crippen molar-refractivity contribution in [2.75, 3.05) is 26.4 Å². The molecule has 0 aromatic carbocycles. The van der Waals surface area contributed by atoms with Crippen molar-refractivity contribution in [1.82, 2.24) is 0 Å². The Morgan fingerprint density at radius 2 is 1.35 bits per heavy atom. The summed E-state index contributed by atoms with van der Waals surface area (Å²) in [5, 5.41) is 19.4. The average molecular weight is 246 g/mol. The molecule has 0 amide bonds. The van der Waals surface area contributed by atoms with Gasteiger partial charge in [0.15, 0.2) is 0 Å². The topological polar surface area (TPSA) is 58.9 Å². The van der Waals surface area contributed by atoms with Crippen LogP contribution in [-0.2, 0) is 9.47 Å². The third-order valence-corrected chi connectivity index (χ3v) is 3.24. The van der Waals surface area contributed by atoms with Crippen LogP contribution < -0.4 is 0 Å². The maximum Gasteiger partial charge on any atom is 0.0806 e. The third kappa shape index (κ3) is 4.54. The minimum Gasteiger partial charge on any atom is -0.390 e. The van der Waals surface area contributed by atoms with Gasteiger partial charge in [-0.2, -0.15) is 0 Å². The van der Waals surface area contributed by atoms with Crippen molar-refractivity contribution in [3.05, 3.63) is 0 Å². The van der Waals surface area contributed by atoms with Gasteiger partial charge in [-0.15, -0.1) is 0 Å². The van der Waals surface area contributed by atoms with Crippen LogP contribution in [0.4, 0.5) is 0 Å². The van der Waals surface area contributed by atoms with Crippen molar-refractivity contribution >= 4 is 0 Å². The fourth-order valence-corrected chi connectivity index (χ4v) is 2.39. The van der Waals surface area contributed by atoms with E-state index in [2.05, 4.69) is 13.8 Å². The van der Waals surface area contributed by atoms with Crippen molar-refractivity contribution in [3.8, 4) is 0 Å². The number of aliphatic hydroxyl groups excluding tert-OH is 2. The second-order valence-corrected chi connectivity index (χ2v) is 5.15. The second-order valence-electron chi connectivity index (χ2n) is 5.15. The number of rotatable bonds is 8. The van der Waals surface area contributed by atoms with Gasteiger partial charge in [-0.1, -0.05) is 13.8 Å². The predicted octanol–water partition coefficient (Wildman–Crippen LogP) is 1.34. The van der Waals surface area contributed by atoms with E-state index in [4.69, 9.17) is 9.47 Å². The summed E-state index contributed by atoms with van der Waals surface area (Å²) in [6, 6.07) is 0. The Labute approximate surface area is 104 Å². The summed E-state index contributed by atoms with van der Waals surface area (Å²) < 4.78 is 11.2. The zero-order valence-corrected chi connectivity index (χ0v) is 11.0. The van der Waals surface area contributed by atoms with Crippen LogP contribution in [0.2, 0.25) is 0 Å². The van der Waals surface area contributed by atoms with Crippen LogP contribution in [0.3, 0.4) is 0 Å². The van der Waals surface area contributed by atoms with Crippen molar-refractivity contribution in [2.45, 2.75) is 51.7 Å². The Balaban J connectivity index is 2.46. The fourth-order valence-electron chi connectivity index (χ4n) is 2.39. The predicted molar refractivity (Wildman–Crippen MR) is 65.9 cm³/mol. The van der Waals surface area contributed by atoms with E-state index >= 15 is 0 Å². The maximum absolute atomic E-state index is 9.69. The lowest BCUT2D eigenvalue weighted by molar-refractivity contribution is -0.0264. The monoisotopic (exact) mass is 246 g/mol. The third-order valence-electron chi connectivity index (χ3n) is 3.24. The van der Waals surface area contributed by atoms with Gasteiger partial charge in [-0.3, -0.25) is 0 Å². The van der Waals surface area contributed by atoms with Gasteiger partial charge in [-0.25, -0.2) is 0 Å². The van der Waals surface area contributed by atoms with Crippen LogP contribution >= 0.6 is 0 Å². The number of aliphatic hydroxyl groups is 2. The van der Waals surface area contributed by atoms with E-state index in [1.807, 2.05) is 0 Å². The van der Waals surface area contributed by atoms with Crippen LogP contribution in [0.1, 0.15) is 39.5 Å². The molecule has 0 spiro atoms. The summed E-state index contributed by atoms with van der Waals surface area (Å²) in [4.78, 5) is 0. The Kier molecular flexibility index (Phi) is 6.41. The van der Waals surface area contributed by atoms with Crippen molar-refractivity contribution < 1.29 is 19.7 Å². The van der Waals surface area contributed by atoms with Crippen LogP contribution in [0.25, 0.3) is 0 Å². The SMILES string of the molecule is CCCOCC1(COCCC)CC(O)C(O)C1. The molecular formula is C13H26O4. The molecule has 0 aromatic rings. The summed E-state index contributed by atoms with van der Waals surface area (Å²) >= 11 is 0. The van der Waals surface area contributed by atoms with Crippen LogP contribution in [0, 0.1) is 5.41 Å². The molecule has 4 heteroatoms. The minimum atomic E-state index is -0.634. The molecule has 1 aliphatic carbocycles. The Hall–Kier alpha value is -0.160. The van der Waals surface area contributed by atoms with Gasteiger partial charge in [-0.05, 0) is 25.7 Å². The first kappa shape index (κ1) is 14.9. The Bertz CT molecular complexity index is 186.